The standard InChI is InChI=1S/C21H19NO5S/c1-28-17-8-6-15(7-9-17)18(23)13-27-21(26)16-4-2-14(3-5-16)12-22-19(24)10-11-20(22)25/h2-9H,10-13H2,1H3. The zero-order valence-electron chi connectivity index (χ0n) is 15.3. The molecule has 0 atom stereocenters. The van der Waals surface area contributed by atoms with Gasteiger partial charge in [-0.1, -0.05) is 24.3 Å². The summed E-state index contributed by atoms with van der Waals surface area (Å²) < 4.78 is 5.10. The normalized spacial score (nSPS) is 13.7. The number of esters is 1. The first-order chi connectivity index (χ1) is 13.5. The molecule has 144 valence electrons. The first-order valence-corrected chi connectivity index (χ1v) is 9.97. The van der Waals surface area contributed by atoms with Crippen molar-refractivity contribution in [2.75, 3.05) is 12.9 Å². The van der Waals surface area contributed by atoms with Gasteiger partial charge in [0.25, 0.3) is 0 Å². The molecule has 2 aromatic rings. The van der Waals surface area contributed by atoms with E-state index in [4.69, 9.17) is 4.74 Å². The number of Topliss-reactive ketones (excluding diaryl/α,β-unsaturated/α-hetero) is 1. The fourth-order valence-corrected chi connectivity index (χ4v) is 3.21. The number of ketones is 1. The van der Waals surface area contributed by atoms with Crippen LogP contribution in [0, 0.1) is 0 Å². The summed E-state index contributed by atoms with van der Waals surface area (Å²) in [4.78, 5) is 49.9. The number of benzene rings is 2. The van der Waals surface area contributed by atoms with Crippen molar-refractivity contribution in [3.05, 3.63) is 65.2 Å². The third-order valence-electron chi connectivity index (χ3n) is 4.43. The van der Waals surface area contributed by atoms with Gasteiger partial charge in [0.1, 0.15) is 0 Å². The first kappa shape index (κ1) is 19.8. The summed E-state index contributed by atoms with van der Waals surface area (Å²) in [6.45, 7) is -0.145. The lowest BCUT2D eigenvalue weighted by Gasteiger charge is -2.13. The van der Waals surface area contributed by atoms with E-state index in [1.54, 1.807) is 48.2 Å². The fraction of sp³-hybridized carbons (Fsp3) is 0.238. The number of hydrogen-bond acceptors (Lipinski definition) is 6. The molecule has 0 radical (unpaired) electrons. The van der Waals surface area contributed by atoms with Crippen LogP contribution in [0.4, 0.5) is 0 Å². The summed E-state index contributed by atoms with van der Waals surface area (Å²) in [5.74, 6) is -1.24. The second-order valence-corrected chi connectivity index (χ2v) is 7.18. The molecule has 1 aliphatic rings. The van der Waals surface area contributed by atoms with Crippen LogP contribution >= 0.6 is 11.8 Å². The van der Waals surface area contributed by atoms with Crippen molar-refractivity contribution in [1.29, 1.82) is 0 Å². The van der Waals surface area contributed by atoms with E-state index in [0.29, 0.717) is 11.1 Å². The molecule has 1 saturated heterocycles. The van der Waals surface area contributed by atoms with Crippen LogP contribution < -0.4 is 0 Å². The molecule has 3 rings (SSSR count). The molecule has 0 aliphatic carbocycles. The van der Waals surface area contributed by atoms with Gasteiger partial charge in [-0.15, -0.1) is 11.8 Å². The Labute approximate surface area is 166 Å². The Morgan fingerprint density at radius 3 is 2.07 bits per heavy atom. The molecule has 2 aromatic carbocycles. The van der Waals surface area contributed by atoms with Crippen molar-refractivity contribution in [2.24, 2.45) is 0 Å². The molecular formula is C21H19NO5S. The Hall–Kier alpha value is -2.93. The summed E-state index contributed by atoms with van der Waals surface area (Å²) in [7, 11) is 0. The highest BCUT2D eigenvalue weighted by Crippen LogP contribution is 2.17. The number of carbonyl (C=O) groups excluding carboxylic acids is 4. The van der Waals surface area contributed by atoms with Gasteiger partial charge in [-0.3, -0.25) is 19.3 Å². The average molecular weight is 397 g/mol. The largest absolute Gasteiger partial charge is 0.454 e. The molecular weight excluding hydrogens is 378 g/mol. The van der Waals surface area contributed by atoms with E-state index in [1.807, 2.05) is 18.4 Å². The Balaban J connectivity index is 1.54. The predicted molar refractivity (Wildman–Crippen MR) is 104 cm³/mol. The summed E-state index contributed by atoms with van der Waals surface area (Å²) in [5, 5.41) is 0. The van der Waals surface area contributed by atoms with Gasteiger partial charge in [0.15, 0.2) is 12.4 Å². The highest BCUT2D eigenvalue weighted by atomic mass is 32.2. The number of carbonyl (C=O) groups is 4. The Bertz CT molecular complexity index is 889. The third kappa shape index (κ3) is 4.67. The molecule has 6 nitrogen and oxygen atoms in total. The van der Waals surface area contributed by atoms with Crippen LogP contribution in [0.2, 0.25) is 0 Å². The van der Waals surface area contributed by atoms with E-state index in [0.717, 1.165) is 10.5 Å². The molecule has 0 N–H and O–H groups in total. The van der Waals surface area contributed by atoms with E-state index in [-0.39, 0.29) is 43.6 Å². The van der Waals surface area contributed by atoms with Gasteiger partial charge >= 0.3 is 5.97 Å². The second kappa shape index (κ2) is 8.84. The number of thioether (sulfide) groups is 1. The van der Waals surface area contributed by atoms with Gasteiger partial charge in [-0.05, 0) is 36.1 Å². The summed E-state index contributed by atoms with van der Waals surface area (Å²) in [5.41, 5.74) is 1.53. The smallest absolute Gasteiger partial charge is 0.338 e. The van der Waals surface area contributed by atoms with E-state index in [2.05, 4.69) is 0 Å². The lowest BCUT2D eigenvalue weighted by Crippen LogP contribution is -2.28. The van der Waals surface area contributed by atoms with Crippen LogP contribution in [0.15, 0.2) is 53.4 Å². The molecule has 2 amide bonds. The van der Waals surface area contributed by atoms with Crippen molar-refractivity contribution in [3.8, 4) is 0 Å². The minimum atomic E-state index is -0.603. The zero-order valence-corrected chi connectivity index (χ0v) is 16.2. The summed E-state index contributed by atoms with van der Waals surface area (Å²) in [6.07, 6.45) is 2.44. The van der Waals surface area contributed by atoms with E-state index >= 15 is 0 Å². The molecule has 28 heavy (non-hydrogen) atoms. The number of ether oxygens (including phenoxy) is 1. The Kier molecular flexibility index (Phi) is 6.26. The van der Waals surface area contributed by atoms with Crippen LogP contribution in [0.25, 0.3) is 0 Å². The third-order valence-corrected chi connectivity index (χ3v) is 5.18. The van der Waals surface area contributed by atoms with Gasteiger partial charge < -0.3 is 4.74 Å². The number of rotatable bonds is 7. The fourth-order valence-electron chi connectivity index (χ4n) is 2.80. The maximum atomic E-state index is 12.1. The minimum absolute atomic E-state index is 0.183. The van der Waals surface area contributed by atoms with Crippen molar-refractivity contribution >= 4 is 35.3 Å². The van der Waals surface area contributed by atoms with Gasteiger partial charge in [0.05, 0.1) is 12.1 Å². The molecule has 1 aliphatic heterocycles. The zero-order chi connectivity index (χ0) is 20.1. The van der Waals surface area contributed by atoms with E-state index in [1.165, 1.54) is 4.90 Å². The minimum Gasteiger partial charge on any atom is -0.454 e. The molecule has 0 unspecified atom stereocenters. The number of imide groups is 1. The van der Waals surface area contributed by atoms with Gasteiger partial charge in [-0.2, -0.15) is 0 Å². The Morgan fingerprint density at radius 2 is 1.50 bits per heavy atom. The predicted octanol–water partition coefficient (Wildman–Crippen LogP) is 3.10. The van der Waals surface area contributed by atoms with Crippen LogP contribution in [-0.4, -0.2) is 41.3 Å². The van der Waals surface area contributed by atoms with Crippen LogP contribution in [0.3, 0.4) is 0 Å². The molecule has 0 bridgehead atoms. The number of nitrogens with zero attached hydrogens (tertiary/aromatic N) is 1. The highest BCUT2D eigenvalue weighted by molar-refractivity contribution is 7.98. The lowest BCUT2D eigenvalue weighted by molar-refractivity contribution is -0.139. The molecule has 0 aromatic heterocycles. The van der Waals surface area contributed by atoms with Crippen molar-refractivity contribution in [1.82, 2.24) is 4.90 Å². The monoisotopic (exact) mass is 397 g/mol. The molecule has 1 heterocycles. The van der Waals surface area contributed by atoms with Gasteiger partial charge in [-0.25, -0.2) is 4.79 Å². The van der Waals surface area contributed by atoms with E-state index < -0.39 is 5.97 Å². The maximum absolute atomic E-state index is 12.1. The molecule has 0 saturated carbocycles. The lowest BCUT2D eigenvalue weighted by atomic mass is 10.1. The number of hydrogen-bond donors (Lipinski definition) is 0. The van der Waals surface area contributed by atoms with Crippen LogP contribution in [-0.2, 0) is 20.9 Å². The summed E-state index contributed by atoms with van der Waals surface area (Å²) in [6, 6.07) is 13.5. The van der Waals surface area contributed by atoms with Crippen molar-refractivity contribution in [2.45, 2.75) is 24.3 Å². The molecule has 0 spiro atoms. The van der Waals surface area contributed by atoms with Gasteiger partial charge in [0.2, 0.25) is 11.8 Å². The first-order valence-electron chi connectivity index (χ1n) is 8.74. The number of likely N-dealkylation sites (tertiary alicyclic amines) is 1. The number of amides is 2. The van der Waals surface area contributed by atoms with Crippen LogP contribution in [0.1, 0.15) is 39.1 Å². The maximum Gasteiger partial charge on any atom is 0.338 e. The quantitative estimate of drug-likeness (QED) is 0.309. The molecule has 7 heteroatoms. The topological polar surface area (TPSA) is 80.8 Å². The Morgan fingerprint density at radius 1 is 0.929 bits per heavy atom. The second-order valence-electron chi connectivity index (χ2n) is 6.30. The molecule has 1 fully saturated rings. The van der Waals surface area contributed by atoms with Crippen molar-refractivity contribution < 1.29 is 23.9 Å². The average Bonchev–Trinajstić information content (AvgIpc) is 3.04. The van der Waals surface area contributed by atoms with Gasteiger partial charge in [0, 0.05) is 23.3 Å². The SMILES string of the molecule is CSc1ccc(C(=O)COC(=O)c2ccc(CN3C(=O)CCC3=O)cc2)cc1. The van der Waals surface area contributed by atoms with Crippen LogP contribution in [0.5, 0.6) is 0 Å². The van der Waals surface area contributed by atoms with E-state index in [9.17, 15) is 19.2 Å². The highest BCUT2D eigenvalue weighted by Gasteiger charge is 2.28. The summed E-state index contributed by atoms with van der Waals surface area (Å²) >= 11 is 1.58. The van der Waals surface area contributed by atoms with Crippen molar-refractivity contribution in [3.63, 3.8) is 0 Å².